The number of rotatable bonds is 1. The maximum atomic E-state index is 5.10. The van der Waals surface area contributed by atoms with Gasteiger partial charge in [-0.05, 0) is 32.0 Å². The summed E-state index contributed by atoms with van der Waals surface area (Å²) in [6.45, 7) is 3.25. The minimum Gasteiger partial charge on any atom is -0.471 e. The molecule has 1 fully saturated rings. The maximum absolute atomic E-state index is 5.10. The monoisotopic (exact) mass is 180 g/mol. The molecule has 2 aliphatic rings. The van der Waals surface area contributed by atoms with Crippen LogP contribution in [0.1, 0.15) is 12.8 Å². The molecule has 2 rings (SSSR count). The van der Waals surface area contributed by atoms with Gasteiger partial charge in [0.05, 0.1) is 6.26 Å². The Labute approximate surface area is 79.1 Å². The van der Waals surface area contributed by atoms with Gasteiger partial charge in [0.15, 0.2) is 0 Å². The fourth-order valence-corrected chi connectivity index (χ4v) is 1.85. The topological polar surface area (TPSA) is 24.5 Å². The Morgan fingerprint density at radius 2 is 2.08 bits per heavy atom. The van der Waals surface area contributed by atoms with Gasteiger partial charge in [-0.15, -0.1) is 0 Å². The zero-order valence-electron chi connectivity index (χ0n) is 7.78. The maximum Gasteiger partial charge on any atom is 0.106 e. The quantitative estimate of drug-likeness (QED) is 0.653. The van der Waals surface area contributed by atoms with E-state index in [1.807, 2.05) is 0 Å². The molecule has 3 nitrogen and oxygen atoms in total. The van der Waals surface area contributed by atoms with Crippen molar-refractivity contribution in [1.82, 2.24) is 10.2 Å². The average Bonchev–Trinajstić information content (AvgIpc) is 2.47. The van der Waals surface area contributed by atoms with Crippen LogP contribution in [0.3, 0.4) is 0 Å². The molecule has 0 aromatic rings. The van der Waals surface area contributed by atoms with E-state index in [2.05, 4.69) is 22.5 Å². The summed E-state index contributed by atoms with van der Waals surface area (Å²) in [5.41, 5.74) is 0. The van der Waals surface area contributed by atoms with Gasteiger partial charge in [-0.2, -0.15) is 0 Å². The molecule has 2 aliphatic heterocycles. The number of nitrogens with zero attached hydrogens (tertiary/aromatic N) is 1. The standard InChI is InChI=1S/C10H16N2O/c1-6-12(7-9-13-8-1)10-2-4-11-5-3-10/h1,7-11H,2-6H2. The third-order valence-electron chi connectivity index (χ3n) is 2.60. The average molecular weight is 180 g/mol. The molecule has 13 heavy (non-hydrogen) atoms. The number of piperidine rings is 1. The Bertz CT molecular complexity index is 207. The number of ether oxygens (including phenoxy) is 1. The van der Waals surface area contributed by atoms with Crippen LogP contribution in [0.25, 0.3) is 0 Å². The molecular formula is C10H16N2O. The minimum absolute atomic E-state index is 0.684. The first-order valence-corrected chi connectivity index (χ1v) is 4.90. The van der Waals surface area contributed by atoms with Crippen LogP contribution in [0.15, 0.2) is 24.8 Å². The number of hydrogen-bond acceptors (Lipinski definition) is 3. The zero-order chi connectivity index (χ0) is 8.93. The van der Waals surface area contributed by atoms with Crippen molar-refractivity contribution in [3.63, 3.8) is 0 Å². The summed E-state index contributed by atoms with van der Waals surface area (Å²) in [5.74, 6) is 0. The van der Waals surface area contributed by atoms with Gasteiger partial charge in [0.1, 0.15) is 6.26 Å². The first-order valence-electron chi connectivity index (χ1n) is 4.90. The smallest absolute Gasteiger partial charge is 0.106 e. The summed E-state index contributed by atoms with van der Waals surface area (Å²) in [7, 11) is 0. The highest BCUT2D eigenvalue weighted by Crippen LogP contribution is 2.13. The van der Waals surface area contributed by atoms with Gasteiger partial charge in [0.2, 0.25) is 0 Å². The summed E-state index contributed by atoms with van der Waals surface area (Å²) in [6, 6.07) is 0.684. The van der Waals surface area contributed by atoms with Crippen LogP contribution in [0.4, 0.5) is 0 Å². The molecule has 3 heteroatoms. The van der Waals surface area contributed by atoms with Crippen LogP contribution in [0, 0.1) is 0 Å². The molecule has 0 aliphatic carbocycles. The van der Waals surface area contributed by atoms with Gasteiger partial charge in [0.25, 0.3) is 0 Å². The Morgan fingerprint density at radius 3 is 2.92 bits per heavy atom. The van der Waals surface area contributed by atoms with E-state index in [-0.39, 0.29) is 0 Å². The van der Waals surface area contributed by atoms with E-state index in [0.717, 1.165) is 19.6 Å². The van der Waals surface area contributed by atoms with Gasteiger partial charge < -0.3 is 15.0 Å². The molecule has 1 saturated heterocycles. The summed E-state index contributed by atoms with van der Waals surface area (Å²) in [4.78, 5) is 2.35. The highest BCUT2D eigenvalue weighted by molar-refractivity contribution is 4.94. The lowest BCUT2D eigenvalue weighted by Crippen LogP contribution is -2.40. The Hall–Kier alpha value is -0.960. The second-order valence-corrected chi connectivity index (χ2v) is 3.47. The van der Waals surface area contributed by atoms with Crippen molar-refractivity contribution in [3.8, 4) is 0 Å². The first kappa shape index (κ1) is 8.63. The molecule has 0 aromatic carbocycles. The third kappa shape index (κ3) is 2.25. The van der Waals surface area contributed by atoms with E-state index in [0.29, 0.717) is 6.04 Å². The first-order chi connectivity index (χ1) is 6.47. The zero-order valence-corrected chi connectivity index (χ0v) is 7.78. The van der Waals surface area contributed by atoms with Crippen molar-refractivity contribution in [3.05, 3.63) is 24.8 Å². The Morgan fingerprint density at radius 1 is 1.23 bits per heavy atom. The number of hydrogen-bond donors (Lipinski definition) is 1. The van der Waals surface area contributed by atoms with Crippen LogP contribution in [-0.4, -0.2) is 30.6 Å². The molecule has 72 valence electrons. The molecule has 0 spiro atoms. The second-order valence-electron chi connectivity index (χ2n) is 3.47. The fourth-order valence-electron chi connectivity index (χ4n) is 1.85. The molecule has 2 heterocycles. The van der Waals surface area contributed by atoms with E-state index in [1.165, 1.54) is 12.8 Å². The fraction of sp³-hybridized carbons (Fsp3) is 0.600. The van der Waals surface area contributed by atoms with Crippen LogP contribution in [0.2, 0.25) is 0 Å². The van der Waals surface area contributed by atoms with Crippen LogP contribution >= 0.6 is 0 Å². The summed E-state index contributed by atoms with van der Waals surface area (Å²) in [5, 5.41) is 3.37. The van der Waals surface area contributed by atoms with E-state index >= 15 is 0 Å². The van der Waals surface area contributed by atoms with Gasteiger partial charge in [0, 0.05) is 18.8 Å². The molecule has 0 amide bonds. The van der Waals surface area contributed by atoms with Crippen molar-refractivity contribution in [2.45, 2.75) is 18.9 Å². The lowest BCUT2D eigenvalue weighted by molar-refractivity contribution is 0.242. The van der Waals surface area contributed by atoms with E-state index in [4.69, 9.17) is 4.74 Å². The lowest BCUT2D eigenvalue weighted by Gasteiger charge is -2.32. The predicted molar refractivity (Wildman–Crippen MR) is 52.0 cm³/mol. The minimum atomic E-state index is 0.684. The highest BCUT2D eigenvalue weighted by Gasteiger charge is 2.17. The van der Waals surface area contributed by atoms with Gasteiger partial charge >= 0.3 is 0 Å². The van der Waals surface area contributed by atoms with Crippen LogP contribution in [0.5, 0.6) is 0 Å². The van der Waals surface area contributed by atoms with Crippen molar-refractivity contribution in [2.75, 3.05) is 19.6 Å². The molecule has 1 N–H and O–H groups in total. The van der Waals surface area contributed by atoms with Gasteiger partial charge in [-0.3, -0.25) is 0 Å². The van der Waals surface area contributed by atoms with Crippen LogP contribution in [-0.2, 0) is 4.74 Å². The molecule has 0 radical (unpaired) electrons. The van der Waals surface area contributed by atoms with Crippen LogP contribution < -0.4 is 5.32 Å². The van der Waals surface area contributed by atoms with Crippen molar-refractivity contribution >= 4 is 0 Å². The normalized spacial score (nSPS) is 24.2. The van der Waals surface area contributed by atoms with Crippen molar-refractivity contribution < 1.29 is 4.74 Å². The summed E-state index contributed by atoms with van der Waals surface area (Å²) in [6.07, 6.45) is 10.1. The second kappa shape index (κ2) is 4.33. The van der Waals surface area contributed by atoms with Gasteiger partial charge in [-0.1, -0.05) is 0 Å². The molecule has 0 bridgehead atoms. The lowest BCUT2D eigenvalue weighted by atomic mass is 10.1. The number of nitrogens with one attached hydrogen (secondary N) is 1. The van der Waals surface area contributed by atoms with Crippen molar-refractivity contribution in [2.24, 2.45) is 0 Å². The summed E-state index contributed by atoms with van der Waals surface area (Å²) >= 11 is 0. The van der Waals surface area contributed by atoms with E-state index in [9.17, 15) is 0 Å². The summed E-state index contributed by atoms with van der Waals surface area (Å²) < 4.78 is 5.10. The van der Waals surface area contributed by atoms with E-state index in [1.54, 1.807) is 12.5 Å². The Balaban J connectivity index is 1.93. The molecule has 0 saturated carbocycles. The molecular weight excluding hydrogens is 164 g/mol. The van der Waals surface area contributed by atoms with E-state index < -0.39 is 0 Å². The third-order valence-corrected chi connectivity index (χ3v) is 2.60. The largest absolute Gasteiger partial charge is 0.471 e. The molecule has 0 atom stereocenters. The Kier molecular flexibility index (Phi) is 2.87. The molecule has 0 unspecified atom stereocenters. The molecule has 0 aromatic heterocycles. The SMILES string of the molecule is C1=COC=CN(C2CCNCC2)C1. The highest BCUT2D eigenvalue weighted by atomic mass is 16.5. The van der Waals surface area contributed by atoms with Gasteiger partial charge in [-0.25, -0.2) is 0 Å². The van der Waals surface area contributed by atoms with Crippen molar-refractivity contribution in [1.29, 1.82) is 0 Å². The predicted octanol–water partition coefficient (Wildman–Crippen LogP) is 1.06.